The van der Waals surface area contributed by atoms with Gasteiger partial charge in [0, 0.05) is 11.8 Å². The van der Waals surface area contributed by atoms with Gasteiger partial charge in [-0.15, -0.1) is 11.3 Å². The number of nitrogens with one attached hydrogen (secondary N) is 1. The Balaban J connectivity index is 2.02. The second-order valence-corrected chi connectivity index (χ2v) is 6.70. The molecule has 0 aromatic carbocycles. The van der Waals surface area contributed by atoms with E-state index in [2.05, 4.69) is 34.6 Å². The Morgan fingerprint density at radius 3 is 2.68 bits per heavy atom. The summed E-state index contributed by atoms with van der Waals surface area (Å²) in [6, 6.07) is 0. The number of carbonyl (C=O) groups excluding carboxylic acids is 1. The van der Waals surface area contributed by atoms with Crippen LogP contribution < -0.4 is 5.32 Å². The van der Waals surface area contributed by atoms with E-state index < -0.39 is 5.97 Å². The van der Waals surface area contributed by atoms with E-state index in [4.69, 9.17) is 5.11 Å². The van der Waals surface area contributed by atoms with E-state index in [1.54, 1.807) is 5.38 Å². The van der Waals surface area contributed by atoms with Crippen molar-refractivity contribution >= 4 is 28.3 Å². The second kappa shape index (κ2) is 13.4. The van der Waals surface area contributed by atoms with E-state index in [0.717, 1.165) is 32.1 Å². The first-order chi connectivity index (χ1) is 12.1. The summed E-state index contributed by atoms with van der Waals surface area (Å²) >= 11 is 1.26. The van der Waals surface area contributed by atoms with Gasteiger partial charge in [0.1, 0.15) is 0 Å². The van der Waals surface area contributed by atoms with E-state index in [1.807, 2.05) is 6.92 Å². The van der Waals surface area contributed by atoms with E-state index in [9.17, 15) is 9.59 Å². The van der Waals surface area contributed by atoms with Crippen molar-refractivity contribution in [2.75, 3.05) is 5.32 Å². The zero-order chi connectivity index (χ0) is 18.3. The predicted octanol–water partition coefficient (Wildman–Crippen LogP) is 4.96. The molecule has 0 bridgehead atoms. The Kier molecular flexibility index (Phi) is 11.3. The predicted molar refractivity (Wildman–Crippen MR) is 103 cm³/mol. The fourth-order valence-corrected chi connectivity index (χ4v) is 3.02. The Labute approximate surface area is 153 Å². The number of allylic oxidation sites excluding steroid dienone is 4. The fourth-order valence-electron chi connectivity index (χ4n) is 2.29. The van der Waals surface area contributed by atoms with Gasteiger partial charge in [0.05, 0.1) is 12.1 Å². The van der Waals surface area contributed by atoms with Crippen LogP contribution in [-0.2, 0) is 16.0 Å². The number of hydrogen-bond donors (Lipinski definition) is 2. The van der Waals surface area contributed by atoms with Crippen molar-refractivity contribution in [3.8, 4) is 0 Å². The van der Waals surface area contributed by atoms with Crippen LogP contribution in [0.15, 0.2) is 29.7 Å². The van der Waals surface area contributed by atoms with Crippen molar-refractivity contribution in [3.63, 3.8) is 0 Å². The molecule has 0 aliphatic rings. The lowest BCUT2D eigenvalue weighted by molar-refractivity contribution is -0.136. The Morgan fingerprint density at radius 2 is 1.92 bits per heavy atom. The van der Waals surface area contributed by atoms with Crippen LogP contribution >= 0.6 is 11.3 Å². The monoisotopic (exact) mass is 364 g/mol. The van der Waals surface area contributed by atoms with E-state index in [-0.39, 0.29) is 12.3 Å². The molecule has 138 valence electrons. The SMILES string of the molecule is C/C=C/C/C=C/CCCCCCCC(=O)Nc1nc(CC(=O)O)cs1. The number of carboxylic acids is 1. The maximum atomic E-state index is 11.8. The molecular formula is C19H28N2O3S. The number of unbranched alkanes of at least 4 members (excludes halogenated alkanes) is 5. The Morgan fingerprint density at radius 1 is 1.16 bits per heavy atom. The third-order valence-corrected chi connectivity index (χ3v) is 4.39. The Bertz CT molecular complexity index is 579. The highest BCUT2D eigenvalue weighted by Gasteiger charge is 2.08. The molecule has 6 heteroatoms. The van der Waals surface area contributed by atoms with E-state index >= 15 is 0 Å². The van der Waals surface area contributed by atoms with Gasteiger partial charge in [-0.2, -0.15) is 0 Å². The van der Waals surface area contributed by atoms with Crippen LogP contribution in [0.3, 0.4) is 0 Å². The van der Waals surface area contributed by atoms with E-state index in [1.165, 1.54) is 24.2 Å². The number of carbonyl (C=O) groups is 2. The van der Waals surface area contributed by atoms with Crippen molar-refractivity contribution in [1.29, 1.82) is 0 Å². The number of nitrogens with zero attached hydrogens (tertiary/aromatic N) is 1. The molecule has 0 aliphatic heterocycles. The lowest BCUT2D eigenvalue weighted by Crippen LogP contribution is -2.11. The molecule has 0 aliphatic carbocycles. The number of anilines is 1. The number of aromatic nitrogens is 1. The summed E-state index contributed by atoms with van der Waals surface area (Å²) in [6.45, 7) is 2.03. The molecule has 5 nitrogen and oxygen atoms in total. The van der Waals surface area contributed by atoms with Gasteiger partial charge in [0.15, 0.2) is 5.13 Å². The van der Waals surface area contributed by atoms with Gasteiger partial charge in [0.25, 0.3) is 0 Å². The number of aliphatic carboxylic acids is 1. The highest BCUT2D eigenvalue weighted by atomic mass is 32.1. The summed E-state index contributed by atoms with van der Waals surface area (Å²) in [5, 5.41) is 13.6. The first-order valence-electron chi connectivity index (χ1n) is 8.84. The zero-order valence-electron chi connectivity index (χ0n) is 14.9. The molecule has 0 radical (unpaired) electrons. The van der Waals surface area contributed by atoms with Crippen LogP contribution in [-0.4, -0.2) is 22.0 Å². The van der Waals surface area contributed by atoms with Crippen LogP contribution in [0.5, 0.6) is 0 Å². The summed E-state index contributed by atoms with van der Waals surface area (Å²) in [6.07, 6.45) is 16.6. The quantitative estimate of drug-likeness (QED) is 0.383. The van der Waals surface area contributed by atoms with Crippen LogP contribution in [0.1, 0.15) is 64.0 Å². The molecule has 0 saturated heterocycles. The summed E-state index contributed by atoms with van der Waals surface area (Å²) < 4.78 is 0. The Hall–Kier alpha value is -1.95. The standard InChI is InChI=1S/C19H28N2O3S/c1-2-3-4-5-6-7-8-9-10-11-12-13-17(22)21-19-20-16(15-25-19)14-18(23)24/h2-3,5-6,15H,4,7-14H2,1H3,(H,23,24)(H,20,21,22)/b3-2+,6-5+. The topological polar surface area (TPSA) is 79.3 Å². The van der Waals surface area contributed by atoms with Crippen LogP contribution in [0, 0.1) is 0 Å². The largest absolute Gasteiger partial charge is 0.481 e. The van der Waals surface area contributed by atoms with Gasteiger partial charge in [-0.3, -0.25) is 9.59 Å². The van der Waals surface area contributed by atoms with Gasteiger partial charge in [-0.05, 0) is 32.6 Å². The van der Waals surface area contributed by atoms with Crippen molar-refractivity contribution in [3.05, 3.63) is 35.4 Å². The van der Waals surface area contributed by atoms with Crippen LogP contribution in [0.4, 0.5) is 5.13 Å². The molecule has 25 heavy (non-hydrogen) atoms. The highest BCUT2D eigenvalue weighted by Crippen LogP contribution is 2.16. The van der Waals surface area contributed by atoms with Gasteiger partial charge >= 0.3 is 5.97 Å². The molecule has 1 amide bonds. The van der Waals surface area contributed by atoms with Gasteiger partial charge in [0.2, 0.25) is 5.91 Å². The minimum absolute atomic E-state index is 0.0527. The fraction of sp³-hybridized carbons (Fsp3) is 0.526. The van der Waals surface area contributed by atoms with Crippen LogP contribution in [0.25, 0.3) is 0 Å². The molecule has 0 saturated carbocycles. The number of hydrogen-bond acceptors (Lipinski definition) is 4. The lowest BCUT2D eigenvalue weighted by Gasteiger charge is -2.02. The molecule has 1 aromatic heterocycles. The molecule has 1 rings (SSSR count). The smallest absolute Gasteiger partial charge is 0.309 e. The molecule has 0 atom stereocenters. The highest BCUT2D eigenvalue weighted by molar-refractivity contribution is 7.13. The second-order valence-electron chi connectivity index (χ2n) is 5.85. The molecule has 0 fully saturated rings. The number of thiazole rings is 1. The summed E-state index contributed by atoms with van der Waals surface area (Å²) in [5.74, 6) is -0.973. The molecule has 0 unspecified atom stereocenters. The summed E-state index contributed by atoms with van der Waals surface area (Å²) in [7, 11) is 0. The first-order valence-corrected chi connectivity index (χ1v) is 9.72. The number of amides is 1. The minimum atomic E-state index is -0.920. The van der Waals surface area contributed by atoms with Gasteiger partial charge < -0.3 is 10.4 Å². The van der Waals surface area contributed by atoms with Crippen molar-refractivity contribution in [2.45, 2.75) is 64.7 Å². The lowest BCUT2D eigenvalue weighted by atomic mass is 10.1. The summed E-state index contributed by atoms with van der Waals surface area (Å²) in [4.78, 5) is 26.5. The normalized spacial score (nSPS) is 11.4. The van der Waals surface area contributed by atoms with Crippen molar-refractivity contribution in [1.82, 2.24) is 4.98 Å². The number of rotatable bonds is 13. The average Bonchev–Trinajstić information content (AvgIpc) is 2.98. The third kappa shape index (κ3) is 11.3. The van der Waals surface area contributed by atoms with Crippen molar-refractivity contribution < 1.29 is 14.7 Å². The first kappa shape index (κ1) is 21.1. The number of carboxylic acid groups (broad SMARTS) is 1. The summed E-state index contributed by atoms with van der Waals surface area (Å²) in [5.41, 5.74) is 0.479. The third-order valence-electron chi connectivity index (χ3n) is 3.58. The molecule has 0 spiro atoms. The molecule has 1 heterocycles. The van der Waals surface area contributed by atoms with Crippen molar-refractivity contribution in [2.24, 2.45) is 0 Å². The minimum Gasteiger partial charge on any atom is -0.481 e. The van der Waals surface area contributed by atoms with Gasteiger partial charge in [-0.1, -0.05) is 43.6 Å². The molecule has 1 aromatic rings. The van der Waals surface area contributed by atoms with Gasteiger partial charge in [-0.25, -0.2) is 4.98 Å². The maximum Gasteiger partial charge on any atom is 0.309 e. The maximum absolute atomic E-state index is 11.8. The zero-order valence-corrected chi connectivity index (χ0v) is 15.7. The molecular weight excluding hydrogens is 336 g/mol. The molecule has 2 N–H and O–H groups in total. The van der Waals surface area contributed by atoms with E-state index in [0.29, 0.717) is 17.2 Å². The average molecular weight is 365 g/mol. The van der Waals surface area contributed by atoms with Crippen LogP contribution in [0.2, 0.25) is 0 Å².